The van der Waals surface area contributed by atoms with E-state index in [1.807, 2.05) is 6.07 Å². The second-order valence-electron chi connectivity index (χ2n) is 6.46. The molecule has 3 rings (SSSR count). The smallest absolute Gasteiger partial charge is 0.264 e. The highest BCUT2D eigenvalue weighted by Gasteiger charge is 2.32. The highest BCUT2D eigenvalue weighted by Crippen LogP contribution is 2.31. The Balaban J connectivity index is 1.92. The van der Waals surface area contributed by atoms with E-state index in [0.717, 1.165) is 12.8 Å². The number of rotatable bonds is 3. The quantitative estimate of drug-likeness (QED) is 0.586. The molecule has 2 aliphatic heterocycles. The zero-order valence-corrected chi connectivity index (χ0v) is 15.5. The summed E-state index contributed by atoms with van der Waals surface area (Å²) >= 11 is 6.39. The summed E-state index contributed by atoms with van der Waals surface area (Å²) in [5.41, 5.74) is 1.08. The van der Waals surface area contributed by atoms with Crippen LogP contribution in [0.2, 0.25) is 5.15 Å². The van der Waals surface area contributed by atoms with Gasteiger partial charge in [0.1, 0.15) is 16.8 Å². The molecule has 1 amide bonds. The molecular formula is C16H19ClN4O3S. The van der Waals surface area contributed by atoms with Gasteiger partial charge >= 0.3 is 0 Å². The Morgan fingerprint density at radius 2 is 2.08 bits per heavy atom. The highest BCUT2D eigenvalue weighted by atomic mass is 35.5. The van der Waals surface area contributed by atoms with E-state index in [9.17, 15) is 18.5 Å². The average molecular weight is 383 g/mol. The van der Waals surface area contributed by atoms with E-state index >= 15 is 0 Å². The topological polar surface area (TPSA) is 96.1 Å². The summed E-state index contributed by atoms with van der Waals surface area (Å²) in [7, 11) is -3.06. The van der Waals surface area contributed by atoms with E-state index in [0.29, 0.717) is 30.8 Å². The molecule has 25 heavy (non-hydrogen) atoms. The molecule has 134 valence electrons. The van der Waals surface area contributed by atoms with Crippen LogP contribution >= 0.6 is 11.6 Å². The maximum atomic E-state index is 12.4. The number of likely N-dealkylation sites (tertiary alicyclic amines) is 1. The van der Waals surface area contributed by atoms with Crippen LogP contribution in [0.5, 0.6) is 0 Å². The molecule has 2 aliphatic rings. The number of halogens is 1. The van der Waals surface area contributed by atoms with Crippen molar-refractivity contribution in [1.82, 2.24) is 14.7 Å². The van der Waals surface area contributed by atoms with Crippen LogP contribution in [0.3, 0.4) is 0 Å². The lowest BCUT2D eigenvalue weighted by atomic mass is 10.1. The number of sulfone groups is 1. The van der Waals surface area contributed by atoms with Gasteiger partial charge in [-0.25, -0.2) is 13.1 Å². The van der Waals surface area contributed by atoms with Crippen molar-refractivity contribution < 1.29 is 13.2 Å². The van der Waals surface area contributed by atoms with Gasteiger partial charge in [0.25, 0.3) is 5.91 Å². The fourth-order valence-corrected chi connectivity index (χ4v) is 5.34. The van der Waals surface area contributed by atoms with Crippen molar-refractivity contribution in [2.24, 2.45) is 0 Å². The molecular weight excluding hydrogens is 364 g/mol. The molecule has 1 aromatic rings. The number of amides is 1. The first-order valence-electron chi connectivity index (χ1n) is 8.18. The third-order valence-corrected chi connectivity index (χ3v) is 6.79. The van der Waals surface area contributed by atoms with Gasteiger partial charge in [-0.05, 0) is 32.3 Å². The van der Waals surface area contributed by atoms with E-state index < -0.39 is 9.84 Å². The molecule has 0 spiro atoms. The van der Waals surface area contributed by atoms with Crippen molar-refractivity contribution in [2.75, 3.05) is 24.6 Å². The summed E-state index contributed by atoms with van der Waals surface area (Å²) in [5.74, 6) is -0.171. The SMILES string of the molecule is Cc1nn([C@@H]2CCS(=O)(=O)C2)c(Cl)c1/C=C(\C#N)C(=O)N1CCCC1. The number of hydrogen-bond donors (Lipinski definition) is 0. The molecule has 0 aliphatic carbocycles. The van der Waals surface area contributed by atoms with Crippen molar-refractivity contribution >= 4 is 33.4 Å². The van der Waals surface area contributed by atoms with Gasteiger partial charge in [0, 0.05) is 18.7 Å². The minimum Gasteiger partial charge on any atom is -0.338 e. The molecule has 0 unspecified atom stereocenters. The molecule has 9 heteroatoms. The van der Waals surface area contributed by atoms with Gasteiger partial charge in [-0.3, -0.25) is 4.79 Å². The maximum absolute atomic E-state index is 12.4. The largest absolute Gasteiger partial charge is 0.338 e. The van der Waals surface area contributed by atoms with Gasteiger partial charge in [0.15, 0.2) is 9.84 Å². The Morgan fingerprint density at radius 3 is 2.64 bits per heavy atom. The van der Waals surface area contributed by atoms with Crippen molar-refractivity contribution in [1.29, 1.82) is 5.26 Å². The molecule has 7 nitrogen and oxygen atoms in total. The van der Waals surface area contributed by atoms with Gasteiger partial charge in [-0.2, -0.15) is 10.4 Å². The minimum atomic E-state index is -3.06. The minimum absolute atomic E-state index is 0.00874. The fraction of sp³-hybridized carbons (Fsp3) is 0.562. The molecule has 1 atom stereocenters. The Hall–Kier alpha value is -1.85. The number of carbonyl (C=O) groups excluding carboxylic acids is 1. The van der Waals surface area contributed by atoms with Crippen LogP contribution in [-0.4, -0.2) is 53.6 Å². The zero-order valence-electron chi connectivity index (χ0n) is 13.9. The molecule has 0 saturated carbocycles. The Morgan fingerprint density at radius 1 is 1.40 bits per heavy atom. The Labute approximate surface area is 151 Å². The lowest BCUT2D eigenvalue weighted by Gasteiger charge is -2.14. The van der Waals surface area contributed by atoms with E-state index in [2.05, 4.69) is 5.10 Å². The van der Waals surface area contributed by atoms with Crippen molar-refractivity contribution in [2.45, 2.75) is 32.2 Å². The standard InChI is InChI=1S/C16H19ClN4O3S/c1-11-14(8-12(9-18)16(22)20-5-2-3-6-20)15(17)21(19-11)13-4-7-25(23,24)10-13/h8,13H,2-7,10H2,1H3/b12-8+/t13-/m1/s1. The van der Waals surface area contributed by atoms with Gasteiger partial charge < -0.3 is 4.90 Å². The van der Waals surface area contributed by atoms with Gasteiger partial charge in [-0.1, -0.05) is 11.6 Å². The summed E-state index contributed by atoms with van der Waals surface area (Å²) in [6.45, 7) is 3.04. The van der Waals surface area contributed by atoms with Crippen LogP contribution in [-0.2, 0) is 14.6 Å². The summed E-state index contributed by atoms with van der Waals surface area (Å²) in [5, 5.41) is 14.0. The summed E-state index contributed by atoms with van der Waals surface area (Å²) in [6, 6.07) is 1.64. The molecule has 3 heterocycles. The molecule has 1 aromatic heterocycles. The average Bonchev–Trinajstić information content (AvgIpc) is 3.26. The summed E-state index contributed by atoms with van der Waals surface area (Å²) < 4.78 is 24.9. The second-order valence-corrected chi connectivity index (χ2v) is 9.05. The Bertz CT molecular complexity index is 876. The molecule has 0 radical (unpaired) electrons. The van der Waals surface area contributed by atoms with Crippen LogP contribution in [0.1, 0.15) is 36.6 Å². The number of carbonyl (C=O) groups is 1. The van der Waals surface area contributed by atoms with Crippen LogP contribution in [0.25, 0.3) is 6.08 Å². The van der Waals surface area contributed by atoms with E-state index in [-0.39, 0.29) is 34.2 Å². The first kappa shape index (κ1) is 18.0. The number of nitrogens with zero attached hydrogens (tertiary/aromatic N) is 4. The van der Waals surface area contributed by atoms with Gasteiger partial charge in [-0.15, -0.1) is 0 Å². The lowest BCUT2D eigenvalue weighted by molar-refractivity contribution is -0.125. The molecule has 2 saturated heterocycles. The monoisotopic (exact) mass is 382 g/mol. The van der Waals surface area contributed by atoms with E-state index in [1.54, 1.807) is 11.8 Å². The Kier molecular flexibility index (Phi) is 4.89. The normalized spacial score (nSPS) is 23.0. The molecule has 2 fully saturated rings. The van der Waals surface area contributed by atoms with Crippen molar-refractivity contribution in [3.05, 3.63) is 22.0 Å². The predicted octanol–water partition coefficient (Wildman–Crippen LogP) is 1.73. The summed E-state index contributed by atoms with van der Waals surface area (Å²) in [6.07, 6.45) is 3.81. The lowest BCUT2D eigenvalue weighted by Crippen LogP contribution is -2.28. The summed E-state index contributed by atoms with van der Waals surface area (Å²) in [4.78, 5) is 14.1. The van der Waals surface area contributed by atoms with Crippen molar-refractivity contribution in [3.63, 3.8) is 0 Å². The van der Waals surface area contributed by atoms with Gasteiger partial charge in [0.2, 0.25) is 0 Å². The second kappa shape index (κ2) is 6.81. The molecule has 0 N–H and O–H groups in total. The van der Waals surface area contributed by atoms with Crippen LogP contribution in [0.4, 0.5) is 0 Å². The molecule has 0 bridgehead atoms. The third kappa shape index (κ3) is 3.58. The van der Waals surface area contributed by atoms with Crippen LogP contribution in [0.15, 0.2) is 5.57 Å². The first-order valence-corrected chi connectivity index (χ1v) is 10.4. The third-order valence-electron chi connectivity index (χ3n) is 4.66. The van der Waals surface area contributed by atoms with Crippen LogP contribution in [0, 0.1) is 18.3 Å². The van der Waals surface area contributed by atoms with E-state index in [4.69, 9.17) is 11.6 Å². The maximum Gasteiger partial charge on any atom is 0.264 e. The highest BCUT2D eigenvalue weighted by molar-refractivity contribution is 7.91. The zero-order chi connectivity index (χ0) is 18.2. The first-order chi connectivity index (χ1) is 11.8. The van der Waals surface area contributed by atoms with Crippen molar-refractivity contribution in [3.8, 4) is 6.07 Å². The van der Waals surface area contributed by atoms with Crippen LogP contribution < -0.4 is 0 Å². The molecule has 0 aromatic carbocycles. The van der Waals surface area contributed by atoms with E-state index in [1.165, 1.54) is 10.8 Å². The van der Waals surface area contributed by atoms with Gasteiger partial charge in [0.05, 0.1) is 23.2 Å². The predicted molar refractivity (Wildman–Crippen MR) is 93.7 cm³/mol. The number of aryl methyl sites for hydroxylation is 1. The number of aromatic nitrogens is 2. The number of hydrogen-bond acceptors (Lipinski definition) is 5. The fourth-order valence-electron chi connectivity index (χ4n) is 3.28. The number of nitriles is 1.